The fourth-order valence-electron chi connectivity index (χ4n) is 3.21. The average Bonchev–Trinajstić information content (AvgIpc) is 3.30. The molecule has 2 aliphatic carbocycles. The Morgan fingerprint density at radius 3 is 2.70 bits per heavy atom. The third kappa shape index (κ3) is 3.71. The number of methoxy groups -OCH3 is 1. The summed E-state index contributed by atoms with van der Waals surface area (Å²) >= 11 is 0. The highest BCUT2D eigenvalue weighted by atomic mass is 19.3. The number of rotatable bonds is 6. The maximum absolute atomic E-state index is 12.8. The van der Waals surface area contributed by atoms with E-state index >= 15 is 0 Å². The zero-order valence-corrected chi connectivity index (χ0v) is 13.3. The highest BCUT2D eigenvalue weighted by Crippen LogP contribution is 2.37. The van der Waals surface area contributed by atoms with E-state index in [9.17, 15) is 13.6 Å². The Labute approximate surface area is 134 Å². The van der Waals surface area contributed by atoms with Crippen molar-refractivity contribution in [2.75, 3.05) is 13.7 Å². The standard InChI is InChI=1S/C16H23F2N3O2/c1-23-16(6-4-11(5-7-16)14(17)18)10-19-15(22)12-8-20-21(9-12)13-2-3-13/h8-9,11,13-14H,2-7,10H2,1H3,(H,19,22). The maximum Gasteiger partial charge on any atom is 0.254 e. The Hall–Kier alpha value is -1.50. The second kappa shape index (κ2) is 6.55. The molecule has 1 aromatic rings. The topological polar surface area (TPSA) is 56.1 Å². The van der Waals surface area contributed by atoms with Gasteiger partial charge in [-0.2, -0.15) is 5.10 Å². The number of aromatic nitrogens is 2. The molecule has 2 saturated carbocycles. The Kier molecular flexibility index (Phi) is 4.66. The molecule has 0 bridgehead atoms. The molecule has 1 aromatic heterocycles. The summed E-state index contributed by atoms with van der Waals surface area (Å²) in [7, 11) is 1.58. The molecule has 2 fully saturated rings. The van der Waals surface area contributed by atoms with Crippen LogP contribution in [0, 0.1) is 5.92 Å². The van der Waals surface area contributed by atoms with Gasteiger partial charge < -0.3 is 10.1 Å². The highest BCUT2D eigenvalue weighted by Gasteiger charge is 2.38. The van der Waals surface area contributed by atoms with Crippen LogP contribution in [0.2, 0.25) is 0 Å². The first-order valence-corrected chi connectivity index (χ1v) is 8.19. The second-order valence-corrected chi connectivity index (χ2v) is 6.68. The molecule has 0 atom stereocenters. The highest BCUT2D eigenvalue weighted by molar-refractivity contribution is 5.93. The van der Waals surface area contributed by atoms with Gasteiger partial charge in [0.1, 0.15) is 0 Å². The first kappa shape index (κ1) is 16.4. The SMILES string of the molecule is COC1(CNC(=O)c2cnn(C3CC3)c2)CCC(C(F)F)CC1. The Morgan fingerprint density at radius 2 is 2.13 bits per heavy atom. The van der Waals surface area contributed by atoms with Gasteiger partial charge in [-0.15, -0.1) is 0 Å². The smallest absolute Gasteiger partial charge is 0.254 e. The van der Waals surface area contributed by atoms with Crippen LogP contribution >= 0.6 is 0 Å². The lowest BCUT2D eigenvalue weighted by molar-refractivity contribution is -0.0654. The van der Waals surface area contributed by atoms with E-state index in [2.05, 4.69) is 10.4 Å². The van der Waals surface area contributed by atoms with Crippen molar-refractivity contribution in [1.29, 1.82) is 0 Å². The maximum atomic E-state index is 12.8. The van der Waals surface area contributed by atoms with Gasteiger partial charge in [0.15, 0.2) is 0 Å². The molecular weight excluding hydrogens is 304 g/mol. The molecule has 0 aromatic carbocycles. The van der Waals surface area contributed by atoms with Gasteiger partial charge in [0.2, 0.25) is 6.43 Å². The number of amides is 1. The molecule has 2 aliphatic rings. The van der Waals surface area contributed by atoms with E-state index in [-0.39, 0.29) is 5.91 Å². The third-order valence-corrected chi connectivity index (χ3v) is 5.09. The summed E-state index contributed by atoms with van der Waals surface area (Å²) in [6, 6.07) is 0.437. The van der Waals surface area contributed by atoms with Crippen molar-refractivity contribution in [1.82, 2.24) is 15.1 Å². The lowest BCUT2D eigenvalue weighted by Gasteiger charge is -2.39. The number of nitrogens with one attached hydrogen (secondary N) is 1. The minimum Gasteiger partial charge on any atom is -0.376 e. The molecule has 0 radical (unpaired) electrons. The molecule has 0 saturated heterocycles. The predicted octanol–water partition coefficient (Wildman–Crippen LogP) is 2.79. The molecule has 0 aliphatic heterocycles. The van der Waals surface area contributed by atoms with E-state index in [1.54, 1.807) is 19.5 Å². The van der Waals surface area contributed by atoms with Gasteiger partial charge in [0, 0.05) is 25.8 Å². The van der Waals surface area contributed by atoms with Crippen LogP contribution in [0.1, 0.15) is 54.9 Å². The average molecular weight is 327 g/mol. The van der Waals surface area contributed by atoms with Gasteiger partial charge in [0.05, 0.1) is 23.4 Å². The first-order valence-electron chi connectivity index (χ1n) is 8.19. The van der Waals surface area contributed by atoms with E-state index in [0.29, 0.717) is 43.8 Å². The van der Waals surface area contributed by atoms with Gasteiger partial charge in [-0.3, -0.25) is 9.48 Å². The predicted molar refractivity (Wildman–Crippen MR) is 80.5 cm³/mol. The van der Waals surface area contributed by atoms with Crippen LogP contribution in [-0.2, 0) is 4.74 Å². The minimum atomic E-state index is -2.27. The van der Waals surface area contributed by atoms with Crippen molar-refractivity contribution in [3.8, 4) is 0 Å². The molecule has 0 unspecified atom stereocenters. The summed E-state index contributed by atoms with van der Waals surface area (Å²) in [5.41, 5.74) is -0.00232. The lowest BCUT2D eigenvalue weighted by Crippen LogP contribution is -2.47. The molecule has 23 heavy (non-hydrogen) atoms. The van der Waals surface area contributed by atoms with E-state index in [4.69, 9.17) is 4.74 Å². The quantitative estimate of drug-likeness (QED) is 0.874. The summed E-state index contributed by atoms with van der Waals surface area (Å²) in [4.78, 5) is 12.2. The molecule has 128 valence electrons. The van der Waals surface area contributed by atoms with Crippen LogP contribution in [0.3, 0.4) is 0 Å². The van der Waals surface area contributed by atoms with Gasteiger partial charge in [-0.05, 0) is 38.5 Å². The fourth-order valence-corrected chi connectivity index (χ4v) is 3.21. The molecule has 7 heteroatoms. The van der Waals surface area contributed by atoms with Crippen molar-refractivity contribution in [3.05, 3.63) is 18.0 Å². The van der Waals surface area contributed by atoms with Crippen LogP contribution in [0.15, 0.2) is 12.4 Å². The van der Waals surface area contributed by atoms with Crippen molar-refractivity contribution >= 4 is 5.91 Å². The molecule has 3 rings (SSSR count). The number of carbonyl (C=O) groups excluding carboxylic acids is 1. The van der Waals surface area contributed by atoms with Crippen LogP contribution in [-0.4, -0.2) is 41.4 Å². The summed E-state index contributed by atoms with van der Waals surface area (Å²) < 4.78 is 32.9. The number of ether oxygens (including phenoxy) is 1. The minimum absolute atomic E-state index is 0.190. The molecular formula is C16H23F2N3O2. The zero-order valence-electron chi connectivity index (χ0n) is 13.3. The summed E-state index contributed by atoms with van der Waals surface area (Å²) in [6.07, 6.45) is 5.23. The third-order valence-electron chi connectivity index (χ3n) is 5.09. The number of hydrogen-bond acceptors (Lipinski definition) is 3. The number of hydrogen-bond donors (Lipinski definition) is 1. The molecule has 1 heterocycles. The lowest BCUT2D eigenvalue weighted by atomic mass is 9.78. The van der Waals surface area contributed by atoms with E-state index < -0.39 is 17.9 Å². The number of alkyl halides is 2. The molecule has 1 N–H and O–H groups in total. The summed E-state index contributed by atoms with van der Waals surface area (Å²) in [6.45, 7) is 0.340. The summed E-state index contributed by atoms with van der Waals surface area (Å²) in [5.74, 6) is -0.741. The van der Waals surface area contributed by atoms with Gasteiger partial charge in [-0.25, -0.2) is 8.78 Å². The molecule has 5 nitrogen and oxygen atoms in total. The monoisotopic (exact) mass is 327 g/mol. The Bertz CT molecular complexity index is 549. The van der Waals surface area contributed by atoms with Crippen LogP contribution in [0.25, 0.3) is 0 Å². The first-order chi connectivity index (χ1) is 11.0. The second-order valence-electron chi connectivity index (χ2n) is 6.68. The van der Waals surface area contributed by atoms with Crippen LogP contribution in [0.4, 0.5) is 8.78 Å². The molecule has 0 spiro atoms. The Balaban J connectivity index is 1.54. The normalized spacial score (nSPS) is 28.1. The van der Waals surface area contributed by atoms with Crippen molar-refractivity contribution in [2.24, 2.45) is 5.92 Å². The zero-order chi connectivity index (χ0) is 16.4. The largest absolute Gasteiger partial charge is 0.376 e. The number of nitrogens with zero attached hydrogens (tertiary/aromatic N) is 2. The van der Waals surface area contributed by atoms with Crippen LogP contribution in [0.5, 0.6) is 0 Å². The summed E-state index contributed by atoms with van der Waals surface area (Å²) in [5, 5.41) is 7.07. The van der Waals surface area contributed by atoms with Gasteiger partial charge in [-0.1, -0.05) is 0 Å². The fraction of sp³-hybridized carbons (Fsp3) is 0.750. The number of halogens is 2. The Morgan fingerprint density at radius 1 is 1.43 bits per heavy atom. The molecule has 1 amide bonds. The van der Waals surface area contributed by atoms with Crippen molar-refractivity contribution < 1.29 is 18.3 Å². The van der Waals surface area contributed by atoms with Crippen molar-refractivity contribution in [3.63, 3.8) is 0 Å². The van der Waals surface area contributed by atoms with Gasteiger partial charge >= 0.3 is 0 Å². The van der Waals surface area contributed by atoms with Gasteiger partial charge in [0.25, 0.3) is 5.91 Å². The van der Waals surface area contributed by atoms with Crippen LogP contribution < -0.4 is 5.32 Å². The van der Waals surface area contributed by atoms with E-state index in [0.717, 1.165) is 12.8 Å². The number of carbonyl (C=O) groups is 1. The van der Waals surface area contributed by atoms with E-state index in [1.165, 1.54) is 0 Å². The van der Waals surface area contributed by atoms with E-state index in [1.807, 2.05) is 4.68 Å². The van der Waals surface area contributed by atoms with Crippen molar-refractivity contribution in [2.45, 2.75) is 56.6 Å².